The van der Waals surface area contributed by atoms with Crippen LogP contribution < -0.4 is 0 Å². The number of furan rings is 1. The van der Waals surface area contributed by atoms with Crippen LogP contribution in [0.3, 0.4) is 0 Å². The van der Waals surface area contributed by atoms with E-state index in [0.29, 0.717) is 5.82 Å². The molecule has 4 heterocycles. The van der Waals surface area contributed by atoms with Gasteiger partial charge in [0.2, 0.25) is 0 Å². The number of nitrogens with zero attached hydrogens (tertiary/aromatic N) is 4. The third kappa shape index (κ3) is 5.75. The molecule has 0 N–H and O–H groups in total. The maximum Gasteiger partial charge on any atom is 0.160 e. The molecule has 0 saturated heterocycles. The number of aromatic nitrogens is 4. The molecule has 0 aliphatic heterocycles. The quantitative estimate of drug-likeness (QED) is 0.157. The molecule has 0 atom stereocenters. The summed E-state index contributed by atoms with van der Waals surface area (Å²) in [6.45, 7) is 0. The van der Waals surface area contributed by atoms with Gasteiger partial charge in [-0.3, -0.25) is 0 Å². The number of para-hydroxylation sites is 4. The normalized spacial score (nSPS) is 11.8. The Kier molecular flexibility index (Phi) is 8.15. The van der Waals surface area contributed by atoms with Gasteiger partial charge < -0.3 is 8.98 Å². The Morgan fingerprint density at radius 3 is 1.62 bits per heavy atom. The smallest absolute Gasteiger partial charge is 0.160 e. The van der Waals surface area contributed by atoms with E-state index >= 15 is 0 Å². The summed E-state index contributed by atoms with van der Waals surface area (Å²) in [4.78, 5) is 15.8. The van der Waals surface area contributed by atoms with Crippen LogP contribution >= 0.6 is 0 Å². The maximum absolute atomic E-state index is 6.66. The molecule has 0 saturated carbocycles. The van der Waals surface area contributed by atoms with E-state index in [1.165, 1.54) is 10.8 Å². The summed E-state index contributed by atoms with van der Waals surface area (Å²) >= 11 is 0. The Labute approximate surface area is 368 Å². The fraction of sp³-hybridized carbons (Fsp3) is 0. The van der Waals surface area contributed by atoms with E-state index in [-0.39, 0.29) is 0 Å². The van der Waals surface area contributed by atoms with E-state index in [2.05, 4.69) is 205 Å². The van der Waals surface area contributed by atoms with Crippen molar-refractivity contribution in [1.82, 2.24) is 19.5 Å². The van der Waals surface area contributed by atoms with Gasteiger partial charge in [-0.1, -0.05) is 170 Å². The number of hydrogen-bond donors (Lipinski definition) is 0. The SMILES string of the molecule is c1ccc(-c2cc(-c3ccc(-c4c5c(cc6c(-c7ccccc7)nc7ccccc7c46)oc4ccccc45)cc3)nc(-c3cccc(-n4c5ccccc5c5ccccc54)c3)n2)cc1. The number of fused-ring (bicyclic) bond motifs is 9. The molecule has 0 aliphatic rings. The molecular formula is C59H36N4O. The fourth-order valence-electron chi connectivity index (χ4n) is 9.69. The predicted molar refractivity (Wildman–Crippen MR) is 264 cm³/mol. The molecule has 0 unspecified atom stereocenters. The highest BCUT2D eigenvalue weighted by atomic mass is 16.3. The van der Waals surface area contributed by atoms with Crippen molar-refractivity contribution in [1.29, 1.82) is 0 Å². The first-order valence-electron chi connectivity index (χ1n) is 21.6. The standard InChI is InChI=1S/C59H36N4O/c1-3-16-37(17-4-1)49-36-50(62-59(61-49)41-20-15-21-42(34-41)63-51-27-12-8-22-43(51)44-23-9-13-28-52(44)63)38-30-32-39(33-31-38)55-56-45-24-7-11-26-48(45)60-58(40-18-5-2-6-19-40)47(56)35-54-57(55)46-25-10-14-29-53(46)64-54/h1-36H. The van der Waals surface area contributed by atoms with Gasteiger partial charge >= 0.3 is 0 Å². The van der Waals surface area contributed by atoms with Crippen LogP contribution in [0.15, 0.2) is 223 Å². The summed E-state index contributed by atoms with van der Waals surface area (Å²) in [5.74, 6) is 0.663. The lowest BCUT2D eigenvalue weighted by molar-refractivity contribution is 0.669. The molecule has 9 aromatic carbocycles. The first-order chi connectivity index (χ1) is 31.7. The molecule has 5 nitrogen and oxygen atoms in total. The van der Waals surface area contributed by atoms with Crippen LogP contribution in [-0.4, -0.2) is 19.5 Å². The van der Waals surface area contributed by atoms with Crippen LogP contribution in [0.5, 0.6) is 0 Å². The van der Waals surface area contributed by atoms with E-state index in [9.17, 15) is 0 Å². The molecule has 298 valence electrons. The second-order valence-corrected chi connectivity index (χ2v) is 16.3. The Morgan fingerprint density at radius 1 is 0.344 bits per heavy atom. The highest BCUT2D eigenvalue weighted by Crippen LogP contribution is 2.46. The second kappa shape index (κ2) is 14.5. The molecule has 5 heteroatoms. The molecule has 4 aromatic heterocycles. The van der Waals surface area contributed by atoms with Crippen molar-refractivity contribution in [2.75, 3.05) is 0 Å². The lowest BCUT2D eigenvalue weighted by atomic mass is 9.89. The van der Waals surface area contributed by atoms with Crippen molar-refractivity contribution in [2.45, 2.75) is 0 Å². The van der Waals surface area contributed by atoms with Gasteiger partial charge in [0.1, 0.15) is 11.2 Å². The summed E-state index contributed by atoms with van der Waals surface area (Å²) in [5.41, 5.74) is 14.9. The molecule has 0 spiro atoms. The van der Waals surface area contributed by atoms with Gasteiger partial charge in [0.05, 0.1) is 33.6 Å². The Hall–Kier alpha value is -8.67. The fourth-order valence-corrected chi connectivity index (χ4v) is 9.69. The van der Waals surface area contributed by atoms with Crippen molar-refractivity contribution in [2.24, 2.45) is 0 Å². The van der Waals surface area contributed by atoms with Gasteiger partial charge in [0, 0.05) is 71.2 Å². The summed E-state index contributed by atoms with van der Waals surface area (Å²) in [7, 11) is 0. The Morgan fingerprint density at radius 2 is 0.906 bits per heavy atom. The number of pyridine rings is 1. The average molecular weight is 817 g/mol. The molecule has 0 bridgehead atoms. The Balaban J connectivity index is 1.00. The minimum absolute atomic E-state index is 0.663. The van der Waals surface area contributed by atoms with Crippen molar-refractivity contribution in [3.8, 4) is 62.0 Å². The number of rotatable bonds is 6. The van der Waals surface area contributed by atoms with Crippen molar-refractivity contribution in [3.63, 3.8) is 0 Å². The molecular weight excluding hydrogens is 781 g/mol. The maximum atomic E-state index is 6.66. The van der Waals surface area contributed by atoms with Gasteiger partial charge in [-0.15, -0.1) is 0 Å². The van der Waals surface area contributed by atoms with Crippen molar-refractivity contribution >= 4 is 65.4 Å². The molecule has 0 aliphatic carbocycles. The third-order valence-corrected chi connectivity index (χ3v) is 12.6. The minimum Gasteiger partial charge on any atom is -0.456 e. The highest BCUT2D eigenvalue weighted by Gasteiger charge is 2.22. The predicted octanol–water partition coefficient (Wildman–Crippen LogP) is 15.5. The van der Waals surface area contributed by atoms with E-state index in [0.717, 1.165) is 111 Å². The molecule has 13 aromatic rings. The van der Waals surface area contributed by atoms with Crippen LogP contribution in [-0.2, 0) is 0 Å². The highest BCUT2D eigenvalue weighted by molar-refractivity contribution is 6.27. The van der Waals surface area contributed by atoms with Crippen molar-refractivity contribution in [3.05, 3.63) is 218 Å². The van der Waals surface area contributed by atoms with Crippen LogP contribution in [0.2, 0.25) is 0 Å². The average Bonchev–Trinajstić information content (AvgIpc) is 3.92. The largest absolute Gasteiger partial charge is 0.456 e. The Bertz CT molecular complexity index is 3890. The summed E-state index contributed by atoms with van der Waals surface area (Å²) in [5, 5.41) is 7.91. The zero-order valence-corrected chi connectivity index (χ0v) is 34.5. The summed E-state index contributed by atoms with van der Waals surface area (Å²) < 4.78 is 8.99. The second-order valence-electron chi connectivity index (χ2n) is 16.3. The molecule has 13 rings (SSSR count). The molecule has 0 amide bonds. The summed E-state index contributed by atoms with van der Waals surface area (Å²) in [6, 6.07) is 76.6. The first-order valence-corrected chi connectivity index (χ1v) is 21.6. The van der Waals surface area contributed by atoms with E-state index in [1.54, 1.807) is 0 Å². The van der Waals surface area contributed by atoms with Gasteiger partial charge in [-0.2, -0.15) is 0 Å². The zero-order chi connectivity index (χ0) is 42.1. The third-order valence-electron chi connectivity index (χ3n) is 12.6. The first kappa shape index (κ1) is 36.0. The van der Waals surface area contributed by atoms with Crippen LogP contribution in [0.4, 0.5) is 0 Å². The summed E-state index contributed by atoms with van der Waals surface area (Å²) in [6.07, 6.45) is 0. The monoisotopic (exact) mass is 816 g/mol. The van der Waals surface area contributed by atoms with Gasteiger partial charge in [-0.05, 0) is 54.1 Å². The molecule has 0 radical (unpaired) electrons. The van der Waals surface area contributed by atoms with E-state index < -0.39 is 0 Å². The van der Waals surface area contributed by atoms with Gasteiger partial charge in [0.25, 0.3) is 0 Å². The lowest BCUT2D eigenvalue weighted by Crippen LogP contribution is -1.98. The van der Waals surface area contributed by atoms with Gasteiger partial charge in [-0.25, -0.2) is 15.0 Å². The minimum atomic E-state index is 0.663. The molecule has 0 fully saturated rings. The van der Waals surface area contributed by atoms with Crippen molar-refractivity contribution < 1.29 is 4.42 Å². The van der Waals surface area contributed by atoms with Crippen LogP contribution in [0.1, 0.15) is 0 Å². The number of benzene rings is 9. The van der Waals surface area contributed by atoms with E-state index in [1.807, 2.05) is 18.2 Å². The van der Waals surface area contributed by atoms with Crippen LogP contribution in [0, 0.1) is 0 Å². The zero-order valence-electron chi connectivity index (χ0n) is 34.5. The lowest BCUT2D eigenvalue weighted by Gasteiger charge is -2.16. The van der Waals surface area contributed by atoms with Gasteiger partial charge in [0.15, 0.2) is 5.82 Å². The molecule has 64 heavy (non-hydrogen) atoms. The number of hydrogen-bond acceptors (Lipinski definition) is 4. The topological polar surface area (TPSA) is 56.7 Å². The van der Waals surface area contributed by atoms with E-state index in [4.69, 9.17) is 19.4 Å². The van der Waals surface area contributed by atoms with Crippen LogP contribution in [0.25, 0.3) is 127 Å².